The number of nitrogen functional groups attached to an aromatic ring is 1. The van der Waals surface area contributed by atoms with Crippen LogP contribution < -0.4 is 10.5 Å². The van der Waals surface area contributed by atoms with Crippen molar-refractivity contribution < 1.29 is 17.9 Å². The summed E-state index contributed by atoms with van der Waals surface area (Å²) in [4.78, 5) is 3.95. The van der Waals surface area contributed by atoms with Crippen molar-refractivity contribution >= 4 is 17.0 Å². The lowest BCUT2D eigenvalue weighted by molar-refractivity contribution is 0.387. The zero-order chi connectivity index (χ0) is 15.1. The van der Waals surface area contributed by atoms with Gasteiger partial charge in [0.05, 0.1) is 23.8 Å². The molecule has 0 fully saturated rings. The van der Waals surface area contributed by atoms with Crippen LogP contribution in [0.5, 0.6) is 5.75 Å². The quantitative estimate of drug-likeness (QED) is 0.790. The third kappa shape index (κ3) is 1.97. The second-order valence-electron chi connectivity index (χ2n) is 4.35. The predicted octanol–water partition coefficient (Wildman–Crippen LogP) is 3.03. The Bertz CT molecular complexity index is 845. The van der Waals surface area contributed by atoms with Crippen LogP contribution in [0.3, 0.4) is 0 Å². The van der Waals surface area contributed by atoms with Crippen molar-refractivity contribution in [1.29, 1.82) is 0 Å². The molecule has 0 saturated carbocycles. The molecule has 2 N–H and O–H groups in total. The van der Waals surface area contributed by atoms with Gasteiger partial charge in [-0.1, -0.05) is 6.07 Å². The number of hydrogen-bond donors (Lipinski definition) is 1. The van der Waals surface area contributed by atoms with Crippen LogP contribution in [-0.2, 0) is 0 Å². The number of benzene rings is 2. The Morgan fingerprint density at radius 1 is 1.14 bits per heavy atom. The van der Waals surface area contributed by atoms with Crippen molar-refractivity contribution in [1.82, 2.24) is 9.55 Å². The van der Waals surface area contributed by atoms with E-state index in [4.69, 9.17) is 10.5 Å². The normalized spacial score (nSPS) is 11.0. The number of nitrogens with zero attached hydrogens (tertiary/aromatic N) is 2. The monoisotopic (exact) mass is 293 g/mol. The summed E-state index contributed by atoms with van der Waals surface area (Å²) in [6, 6.07) is 6.15. The number of nitrogens with two attached hydrogens (primary N) is 1. The average Bonchev–Trinajstić information content (AvgIpc) is 2.76. The van der Waals surface area contributed by atoms with Gasteiger partial charge < -0.3 is 10.5 Å². The first-order chi connectivity index (χ1) is 10.0. The maximum atomic E-state index is 14.0. The van der Waals surface area contributed by atoms with E-state index in [2.05, 4.69) is 4.98 Å². The molecule has 4 nitrogen and oxygen atoms in total. The maximum absolute atomic E-state index is 14.0. The van der Waals surface area contributed by atoms with Crippen LogP contribution in [0.25, 0.3) is 16.7 Å². The van der Waals surface area contributed by atoms with Crippen LogP contribution in [0, 0.1) is 17.5 Å². The largest absolute Gasteiger partial charge is 0.494 e. The third-order valence-corrected chi connectivity index (χ3v) is 3.13. The fourth-order valence-corrected chi connectivity index (χ4v) is 2.17. The van der Waals surface area contributed by atoms with Gasteiger partial charge in [-0.2, -0.15) is 0 Å². The molecule has 0 spiro atoms. The first kappa shape index (κ1) is 13.3. The molecule has 1 heterocycles. The standard InChI is InChI=1S/C14H10F3N3O/c1-21-12-6-11-9(5-8(12)16)19-14(18)20(11)10-4-2-3-7(15)13(10)17/h2-6H,1H3,(H2,18,19). The van der Waals surface area contributed by atoms with Gasteiger partial charge in [0.2, 0.25) is 5.95 Å². The van der Waals surface area contributed by atoms with E-state index >= 15 is 0 Å². The van der Waals surface area contributed by atoms with Crippen LogP contribution in [0.2, 0.25) is 0 Å². The second-order valence-corrected chi connectivity index (χ2v) is 4.35. The molecule has 0 amide bonds. The van der Waals surface area contributed by atoms with Gasteiger partial charge in [-0.25, -0.2) is 18.2 Å². The van der Waals surface area contributed by atoms with E-state index in [1.165, 1.54) is 29.9 Å². The topological polar surface area (TPSA) is 53.1 Å². The molecule has 0 bridgehead atoms. The van der Waals surface area contributed by atoms with Gasteiger partial charge in [-0.3, -0.25) is 4.57 Å². The van der Waals surface area contributed by atoms with Gasteiger partial charge in [0, 0.05) is 12.1 Å². The van der Waals surface area contributed by atoms with E-state index in [0.29, 0.717) is 5.52 Å². The Balaban J connectivity index is 2.36. The van der Waals surface area contributed by atoms with Crippen LogP contribution >= 0.6 is 0 Å². The van der Waals surface area contributed by atoms with Crippen molar-refractivity contribution in [3.8, 4) is 11.4 Å². The molecule has 3 aromatic rings. The molecule has 21 heavy (non-hydrogen) atoms. The molecule has 0 atom stereocenters. The number of halogens is 3. The van der Waals surface area contributed by atoms with Gasteiger partial charge in [0.25, 0.3) is 0 Å². The van der Waals surface area contributed by atoms with E-state index in [-0.39, 0.29) is 22.9 Å². The van der Waals surface area contributed by atoms with Gasteiger partial charge >= 0.3 is 0 Å². The summed E-state index contributed by atoms with van der Waals surface area (Å²) in [5.74, 6) is -2.81. The Labute approximate surface area is 117 Å². The van der Waals surface area contributed by atoms with Crippen molar-refractivity contribution in [3.63, 3.8) is 0 Å². The maximum Gasteiger partial charge on any atom is 0.206 e. The molecule has 0 radical (unpaired) electrons. The SMILES string of the molecule is COc1cc2c(cc1F)nc(N)n2-c1cccc(F)c1F. The van der Waals surface area contributed by atoms with Gasteiger partial charge in [0.15, 0.2) is 23.2 Å². The summed E-state index contributed by atoms with van der Waals surface area (Å²) in [6.45, 7) is 0. The highest BCUT2D eigenvalue weighted by Crippen LogP contribution is 2.30. The van der Waals surface area contributed by atoms with Crippen molar-refractivity contribution in [2.45, 2.75) is 0 Å². The predicted molar refractivity (Wildman–Crippen MR) is 71.9 cm³/mol. The molecule has 2 aromatic carbocycles. The third-order valence-electron chi connectivity index (χ3n) is 3.13. The zero-order valence-corrected chi connectivity index (χ0v) is 10.9. The first-order valence-corrected chi connectivity index (χ1v) is 5.98. The Morgan fingerprint density at radius 3 is 2.62 bits per heavy atom. The number of anilines is 1. The summed E-state index contributed by atoms with van der Waals surface area (Å²) in [5, 5.41) is 0. The lowest BCUT2D eigenvalue weighted by atomic mass is 10.2. The van der Waals surface area contributed by atoms with Gasteiger partial charge in [-0.05, 0) is 12.1 Å². The molecule has 108 valence electrons. The Morgan fingerprint density at radius 2 is 1.90 bits per heavy atom. The van der Waals surface area contributed by atoms with E-state index < -0.39 is 17.5 Å². The number of imidazole rings is 1. The lowest BCUT2D eigenvalue weighted by Crippen LogP contribution is -2.04. The second kappa shape index (κ2) is 4.69. The molecule has 0 aliphatic heterocycles. The molecule has 0 unspecified atom stereocenters. The number of ether oxygens (including phenoxy) is 1. The summed E-state index contributed by atoms with van der Waals surface area (Å²) in [5.41, 5.74) is 6.17. The first-order valence-electron chi connectivity index (χ1n) is 5.98. The molecule has 7 heteroatoms. The fraction of sp³-hybridized carbons (Fsp3) is 0.0714. The van der Waals surface area contributed by atoms with Crippen LogP contribution in [0.15, 0.2) is 30.3 Å². The number of hydrogen-bond acceptors (Lipinski definition) is 3. The molecule has 3 rings (SSSR count). The molecule has 1 aromatic heterocycles. The van der Waals surface area contributed by atoms with E-state index in [1.54, 1.807) is 0 Å². The van der Waals surface area contributed by atoms with Gasteiger partial charge in [-0.15, -0.1) is 0 Å². The average molecular weight is 293 g/mol. The highest BCUT2D eigenvalue weighted by molar-refractivity contribution is 5.82. The molecule has 0 saturated heterocycles. The number of rotatable bonds is 2. The Hall–Kier alpha value is -2.70. The minimum absolute atomic E-state index is 0.0412. The minimum atomic E-state index is -1.06. The van der Waals surface area contributed by atoms with Crippen LogP contribution in [0.1, 0.15) is 0 Å². The van der Waals surface area contributed by atoms with Crippen molar-refractivity contribution in [2.24, 2.45) is 0 Å². The highest BCUT2D eigenvalue weighted by atomic mass is 19.2. The van der Waals surface area contributed by atoms with Crippen LogP contribution in [0.4, 0.5) is 19.1 Å². The van der Waals surface area contributed by atoms with E-state index in [0.717, 1.165) is 12.1 Å². The Kier molecular flexibility index (Phi) is 2.97. The lowest BCUT2D eigenvalue weighted by Gasteiger charge is -2.09. The molecular weight excluding hydrogens is 283 g/mol. The summed E-state index contributed by atoms with van der Waals surface area (Å²) in [7, 11) is 1.30. The van der Waals surface area contributed by atoms with Crippen molar-refractivity contribution in [2.75, 3.05) is 12.8 Å². The van der Waals surface area contributed by atoms with Gasteiger partial charge in [0.1, 0.15) is 0 Å². The number of methoxy groups -OCH3 is 1. The molecular formula is C14H10F3N3O. The number of fused-ring (bicyclic) bond motifs is 1. The smallest absolute Gasteiger partial charge is 0.206 e. The zero-order valence-electron chi connectivity index (χ0n) is 10.9. The van der Waals surface area contributed by atoms with Crippen LogP contribution in [-0.4, -0.2) is 16.7 Å². The van der Waals surface area contributed by atoms with E-state index in [1.807, 2.05) is 0 Å². The summed E-state index contributed by atoms with van der Waals surface area (Å²) in [6.07, 6.45) is 0. The van der Waals surface area contributed by atoms with Crippen molar-refractivity contribution in [3.05, 3.63) is 47.8 Å². The molecule has 0 aliphatic rings. The summed E-state index contributed by atoms with van der Waals surface area (Å²) < 4.78 is 47.1. The van der Waals surface area contributed by atoms with E-state index in [9.17, 15) is 13.2 Å². The molecule has 0 aliphatic carbocycles. The summed E-state index contributed by atoms with van der Waals surface area (Å²) >= 11 is 0. The minimum Gasteiger partial charge on any atom is -0.494 e. The fourth-order valence-electron chi connectivity index (χ4n) is 2.17. The number of aromatic nitrogens is 2. The highest BCUT2D eigenvalue weighted by Gasteiger charge is 2.18.